The van der Waals surface area contributed by atoms with Crippen molar-refractivity contribution in [3.63, 3.8) is 0 Å². The molecule has 0 spiro atoms. The molecule has 0 radical (unpaired) electrons. The molecule has 0 rings (SSSR count). The molecule has 0 saturated heterocycles. The molecular formula is C6H10O. The molecule has 0 atom stereocenters. The molecule has 0 aliphatic rings. The summed E-state index contributed by atoms with van der Waals surface area (Å²) in [5.41, 5.74) is 0. The van der Waals surface area contributed by atoms with Crippen molar-refractivity contribution in [3.05, 3.63) is 25.0 Å². The van der Waals surface area contributed by atoms with Crippen LogP contribution >= 0.6 is 0 Å². The Balaban J connectivity index is 2.82. The van der Waals surface area contributed by atoms with E-state index in [2.05, 4.69) is 6.58 Å². The van der Waals surface area contributed by atoms with E-state index in [0.717, 1.165) is 19.1 Å². The van der Waals surface area contributed by atoms with E-state index in [0.29, 0.717) is 0 Å². The second-order valence-electron chi connectivity index (χ2n) is 1.25. The number of allylic oxidation sites excluding steroid dienone is 2. The van der Waals surface area contributed by atoms with Crippen molar-refractivity contribution < 1.29 is 5.11 Å². The first kappa shape index (κ1) is 6.28. The monoisotopic (exact) mass is 98.1 g/mol. The van der Waals surface area contributed by atoms with Crippen molar-refractivity contribution in [2.75, 3.05) is 0 Å². The van der Waals surface area contributed by atoms with Gasteiger partial charge in [0.1, 0.15) is 0 Å². The molecule has 0 bridgehead atoms. The van der Waals surface area contributed by atoms with E-state index in [1.165, 1.54) is 0 Å². The average Bonchev–Trinajstić information content (AvgIpc) is 1.69. The molecule has 1 heteroatoms. The number of unbranched alkanes of at least 4 members (excludes halogenated alkanes) is 1. The number of hydrogen-bond acceptors (Lipinski definition) is 1. The average molecular weight is 98.1 g/mol. The largest absolute Gasteiger partial charge is 0.516 e. The fraction of sp³-hybridized carbons (Fsp3) is 0.333. The summed E-state index contributed by atoms with van der Waals surface area (Å²) >= 11 is 0. The topological polar surface area (TPSA) is 20.2 Å². The maximum Gasteiger partial charge on any atom is 0.0751 e. The highest BCUT2D eigenvalue weighted by molar-refractivity contribution is 4.77. The molecule has 1 nitrogen and oxygen atoms in total. The van der Waals surface area contributed by atoms with Gasteiger partial charge in [0.15, 0.2) is 0 Å². The minimum atomic E-state index is 0.889. The summed E-state index contributed by atoms with van der Waals surface area (Å²) in [4.78, 5) is 0. The van der Waals surface area contributed by atoms with E-state index in [9.17, 15) is 0 Å². The highest BCUT2D eigenvalue weighted by Gasteiger charge is 1.69. The van der Waals surface area contributed by atoms with Gasteiger partial charge in [-0.15, -0.1) is 6.58 Å². The van der Waals surface area contributed by atoms with Crippen LogP contribution in [0.25, 0.3) is 0 Å². The Hall–Kier alpha value is -0.720. The van der Waals surface area contributed by atoms with Crippen LogP contribution in [0.15, 0.2) is 25.0 Å². The van der Waals surface area contributed by atoms with E-state index < -0.39 is 0 Å². The zero-order chi connectivity index (χ0) is 5.54. The normalized spacial score (nSPS) is 9.71. The van der Waals surface area contributed by atoms with Gasteiger partial charge in [-0.2, -0.15) is 0 Å². The Labute approximate surface area is 44.0 Å². The van der Waals surface area contributed by atoms with E-state index in [4.69, 9.17) is 5.11 Å². The molecule has 1 N–H and O–H groups in total. The molecule has 0 aromatic rings. The minimum Gasteiger partial charge on any atom is -0.516 e. The third-order valence-corrected chi connectivity index (χ3v) is 0.643. The second kappa shape index (κ2) is 5.28. The zero-order valence-corrected chi connectivity index (χ0v) is 4.30. The third-order valence-electron chi connectivity index (χ3n) is 0.643. The van der Waals surface area contributed by atoms with Crippen LogP contribution in [0, 0.1) is 0 Å². The first-order chi connectivity index (χ1) is 3.41. The lowest BCUT2D eigenvalue weighted by molar-refractivity contribution is 0.471. The second-order valence-corrected chi connectivity index (χ2v) is 1.25. The predicted molar refractivity (Wildman–Crippen MR) is 31.2 cm³/mol. The summed E-state index contributed by atoms with van der Waals surface area (Å²) in [6.07, 6.45) is 6.40. The van der Waals surface area contributed by atoms with Gasteiger partial charge in [0.25, 0.3) is 0 Å². The summed E-state index contributed by atoms with van der Waals surface area (Å²) in [7, 11) is 0. The van der Waals surface area contributed by atoms with Gasteiger partial charge in [-0.1, -0.05) is 6.08 Å². The van der Waals surface area contributed by atoms with Gasteiger partial charge >= 0.3 is 0 Å². The van der Waals surface area contributed by atoms with Crippen LogP contribution in [0.4, 0.5) is 0 Å². The molecule has 7 heavy (non-hydrogen) atoms. The lowest BCUT2D eigenvalue weighted by Crippen LogP contribution is -1.60. The standard InChI is InChI=1S/C6H10O/c1-2-3-4-5-6-7/h2,5-7H,1,3-4H2/b6-5-. The maximum absolute atomic E-state index is 8.08. The summed E-state index contributed by atoms with van der Waals surface area (Å²) < 4.78 is 0. The number of hydrogen-bond donors (Lipinski definition) is 1. The van der Waals surface area contributed by atoms with E-state index in [-0.39, 0.29) is 0 Å². The van der Waals surface area contributed by atoms with Gasteiger partial charge in [0.2, 0.25) is 0 Å². The van der Waals surface area contributed by atoms with Crippen molar-refractivity contribution >= 4 is 0 Å². The van der Waals surface area contributed by atoms with E-state index >= 15 is 0 Å². The Morgan fingerprint density at radius 2 is 2.14 bits per heavy atom. The van der Waals surface area contributed by atoms with Crippen LogP contribution in [-0.2, 0) is 0 Å². The Kier molecular flexibility index (Phi) is 4.74. The van der Waals surface area contributed by atoms with Crippen LogP contribution in [0.3, 0.4) is 0 Å². The van der Waals surface area contributed by atoms with Gasteiger partial charge in [0.05, 0.1) is 6.26 Å². The first-order valence-corrected chi connectivity index (χ1v) is 2.32. The molecule has 0 aromatic heterocycles. The van der Waals surface area contributed by atoms with Gasteiger partial charge < -0.3 is 5.11 Å². The fourth-order valence-corrected chi connectivity index (χ4v) is 0.289. The molecular weight excluding hydrogens is 88.1 g/mol. The summed E-state index contributed by atoms with van der Waals surface area (Å²) in [5.74, 6) is 0. The van der Waals surface area contributed by atoms with Crippen molar-refractivity contribution in [1.82, 2.24) is 0 Å². The Morgan fingerprint density at radius 1 is 1.43 bits per heavy atom. The molecule has 0 aromatic carbocycles. The smallest absolute Gasteiger partial charge is 0.0751 e. The highest BCUT2D eigenvalue weighted by atomic mass is 16.2. The van der Waals surface area contributed by atoms with E-state index in [1.54, 1.807) is 6.08 Å². The van der Waals surface area contributed by atoms with Crippen LogP contribution in [0.2, 0.25) is 0 Å². The molecule has 0 amide bonds. The van der Waals surface area contributed by atoms with Crippen molar-refractivity contribution in [2.24, 2.45) is 0 Å². The summed E-state index contributed by atoms with van der Waals surface area (Å²) in [5, 5.41) is 8.08. The first-order valence-electron chi connectivity index (χ1n) is 2.32. The van der Waals surface area contributed by atoms with Gasteiger partial charge in [-0.3, -0.25) is 0 Å². The fourth-order valence-electron chi connectivity index (χ4n) is 0.289. The zero-order valence-electron chi connectivity index (χ0n) is 4.30. The van der Waals surface area contributed by atoms with Crippen molar-refractivity contribution in [1.29, 1.82) is 0 Å². The minimum absolute atomic E-state index is 0.889. The molecule has 40 valence electrons. The molecule has 0 aliphatic carbocycles. The molecule has 0 aliphatic heterocycles. The molecule has 0 saturated carbocycles. The predicted octanol–water partition coefficient (Wildman–Crippen LogP) is 2.02. The van der Waals surface area contributed by atoms with Crippen molar-refractivity contribution in [3.8, 4) is 0 Å². The number of aliphatic hydroxyl groups excluding tert-OH is 1. The van der Waals surface area contributed by atoms with Gasteiger partial charge in [-0.05, 0) is 18.9 Å². The molecule has 0 unspecified atom stereocenters. The van der Waals surface area contributed by atoms with Crippen LogP contribution in [0.5, 0.6) is 0 Å². The maximum atomic E-state index is 8.08. The van der Waals surface area contributed by atoms with Crippen molar-refractivity contribution in [2.45, 2.75) is 12.8 Å². The lowest BCUT2D eigenvalue weighted by atomic mass is 10.3. The van der Waals surface area contributed by atoms with Crippen LogP contribution in [-0.4, -0.2) is 5.11 Å². The molecule has 0 fully saturated rings. The SMILES string of the molecule is C=CCC/C=C\O. The Morgan fingerprint density at radius 3 is 2.57 bits per heavy atom. The van der Waals surface area contributed by atoms with Gasteiger partial charge in [0, 0.05) is 0 Å². The van der Waals surface area contributed by atoms with Crippen LogP contribution in [0.1, 0.15) is 12.8 Å². The number of aliphatic hydroxyl groups is 1. The third kappa shape index (κ3) is 5.28. The lowest BCUT2D eigenvalue weighted by Gasteiger charge is -1.78. The summed E-state index contributed by atoms with van der Waals surface area (Å²) in [6.45, 7) is 3.52. The molecule has 0 heterocycles. The van der Waals surface area contributed by atoms with Crippen LogP contribution < -0.4 is 0 Å². The Bertz CT molecular complexity index is 64.6. The van der Waals surface area contributed by atoms with Gasteiger partial charge in [-0.25, -0.2) is 0 Å². The quantitative estimate of drug-likeness (QED) is 0.325. The highest BCUT2D eigenvalue weighted by Crippen LogP contribution is 1.88. The number of rotatable bonds is 3. The van der Waals surface area contributed by atoms with E-state index in [1.807, 2.05) is 6.08 Å². The summed E-state index contributed by atoms with van der Waals surface area (Å²) in [6, 6.07) is 0.